The molecule has 4 nitrogen and oxygen atoms in total. The number of ether oxygens (including phenoxy) is 1. The van der Waals surface area contributed by atoms with Crippen LogP contribution in [0.4, 0.5) is 19.3 Å². The zero-order valence-electron chi connectivity index (χ0n) is 12.5. The Morgan fingerprint density at radius 1 is 1.17 bits per heavy atom. The first-order valence-corrected chi connectivity index (χ1v) is 7.14. The molecule has 0 aliphatic heterocycles. The third-order valence-corrected chi connectivity index (χ3v) is 3.65. The quantitative estimate of drug-likeness (QED) is 0.811. The molecule has 0 aliphatic carbocycles. The molecule has 122 valence electrons. The number of carbonyl (C=O) groups excluding carboxylic acids is 1. The van der Waals surface area contributed by atoms with E-state index < -0.39 is 17.7 Å². The highest BCUT2D eigenvalue weighted by Gasteiger charge is 2.08. The first-order valence-electron chi connectivity index (χ1n) is 6.76. The van der Waals surface area contributed by atoms with Gasteiger partial charge in [0.05, 0.1) is 5.69 Å². The molecule has 7 heteroatoms. The molecule has 0 unspecified atom stereocenters. The SMILES string of the molecule is Cc1cc(OCNC(=O)Nc2cc(F)ccc2F)cc(C)c1Cl. The average molecular weight is 341 g/mol. The molecule has 0 radical (unpaired) electrons. The number of halogens is 3. The van der Waals surface area contributed by atoms with Gasteiger partial charge in [-0.15, -0.1) is 0 Å². The van der Waals surface area contributed by atoms with Crippen LogP contribution in [0.5, 0.6) is 5.75 Å². The summed E-state index contributed by atoms with van der Waals surface area (Å²) in [6.45, 7) is 3.55. The van der Waals surface area contributed by atoms with Gasteiger partial charge >= 0.3 is 6.03 Å². The van der Waals surface area contributed by atoms with Crippen molar-refractivity contribution in [2.24, 2.45) is 0 Å². The van der Waals surface area contributed by atoms with Crippen molar-refractivity contribution < 1.29 is 18.3 Å². The van der Waals surface area contributed by atoms with Crippen LogP contribution in [0.15, 0.2) is 30.3 Å². The molecule has 2 rings (SSSR count). The summed E-state index contributed by atoms with van der Waals surface area (Å²) in [7, 11) is 0. The summed E-state index contributed by atoms with van der Waals surface area (Å²) in [5.74, 6) is -0.835. The first-order chi connectivity index (χ1) is 10.9. The summed E-state index contributed by atoms with van der Waals surface area (Å²) < 4.78 is 31.8. The Morgan fingerprint density at radius 2 is 1.83 bits per heavy atom. The molecule has 2 N–H and O–H groups in total. The minimum atomic E-state index is -0.730. The second-order valence-electron chi connectivity index (χ2n) is 4.91. The Labute approximate surface area is 137 Å². The van der Waals surface area contributed by atoms with Crippen LogP contribution in [0, 0.1) is 25.5 Å². The van der Waals surface area contributed by atoms with E-state index in [4.69, 9.17) is 16.3 Å². The Balaban J connectivity index is 1.89. The number of hydrogen-bond acceptors (Lipinski definition) is 2. The number of benzene rings is 2. The zero-order chi connectivity index (χ0) is 17.0. The van der Waals surface area contributed by atoms with E-state index in [1.165, 1.54) is 0 Å². The lowest BCUT2D eigenvalue weighted by Crippen LogP contribution is -2.32. The Bertz CT molecular complexity index is 715. The van der Waals surface area contributed by atoms with Gasteiger partial charge in [-0.3, -0.25) is 0 Å². The summed E-state index contributed by atoms with van der Waals surface area (Å²) in [6.07, 6.45) is 0. The van der Waals surface area contributed by atoms with Gasteiger partial charge in [-0.25, -0.2) is 13.6 Å². The van der Waals surface area contributed by atoms with Crippen LogP contribution in [0.1, 0.15) is 11.1 Å². The number of urea groups is 1. The Hall–Kier alpha value is -2.34. The highest BCUT2D eigenvalue weighted by molar-refractivity contribution is 6.32. The summed E-state index contributed by atoms with van der Waals surface area (Å²) >= 11 is 6.05. The van der Waals surface area contributed by atoms with Crippen molar-refractivity contribution in [1.82, 2.24) is 5.32 Å². The first kappa shape index (κ1) is 17.0. The van der Waals surface area contributed by atoms with E-state index in [-0.39, 0.29) is 12.4 Å². The van der Waals surface area contributed by atoms with E-state index >= 15 is 0 Å². The van der Waals surface area contributed by atoms with E-state index in [2.05, 4.69) is 10.6 Å². The smallest absolute Gasteiger partial charge is 0.321 e. The zero-order valence-corrected chi connectivity index (χ0v) is 13.3. The van der Waals surface area contributed by atoms with Crippen LogP contribution in [0.2, 0.25) is 5.02 Å². The van der Waals surface area contributed by atoms with Crippen molar-refractivity contribution in [3.63, 3.8) is 0 Å². The fourth-order valence-electron chi connectivity index (χ4n) is 1.93. The fraction of sp³-hybridized carbons (Fsp3) is 0.188. The van der Waals surface area contributed by atoms with Crippen LogP contribution >= 0.6 is 11.6 Å². The van der Waals surface area contributed by atoms with Crippen LogP contribution in [0.3, 0.4) is 0 Å². The summed E-state index contributed by atoms with van der Waals surface area (Å²) in [4.78, 5) is 11.6. The standard InChI is InChI=1S/C16H15ClF2N2O2/c1-9-5-12(6-10(2)15(9)17)23-8-20-16(22)21-14-7-11(18)3-4-13(14)19/h3-7H,8H2,1-2H3,(H2,20,21,22). The van der Waals surface area contributed by atoms with Crippen molar-refractivity contribution in [3.05, 3.63) is 58.1 Å². The number of hydrogen-bond donors (Lipinski definition) is 2. The van der Waals surface area contributed by atoms with Crippen molar-refractivity contribution in [3.8, 4) is 5.75 Å². The van der Waals surface area contributed by atoms with Crippen molar-refractivity contribution >= 4 is 23.3 Å². The predicted octanol–water partition coefficient (Wildman–Crippen LogP) is 4.39. The van der Waals surface area contributed by atoms with Crippen LogP contribution in [-0.2, 0) is 0 Å². The van der Waals surface area contributed by atoms with Gasteiger partial charge in [-0.2, -0.15) is 0 Å². The topological polar surface area (TPSA) is 50.4 Å². The lowest BCUT2D eigenvalue weighted by molar-refractivity contribution is 0.234. The van der Waals surface area contributed by atoms with Gasteiger partial charge in [0.15, 0.2) is 6.73 Å². The highest BCUT2D eigenvalue weighted by Crippen LogP contribution is 2.25. The fourth-order valence-corrected chi connectivity index (χ4v) is 2.04. The van der Waals surface area contributed by atoms with Crippen molar-refractivity contribution in [2.75, 3.05) is 12.0 Å². The lowest BCUT2D eigenvalue weighted by Gasteiger charge is -2.12. The predicted molar refractivity (Wildman–Crippen MR) is 84.9 cm³/mol. The second-order valence-corrected chi connectivity index (χ2v) is 5.29. The van der Waals surface area contributed by atoms with Gasteiger partial charge in [-0.05, 0) is 49.2 Å². The molecule has 2 aromatic rings. The second kappa shape index (κ2) is 7.28. The van der Waals surface area contributed by atoms with Gasteiger partial charge < -0.3 is 15.4 Å². The maximum absolute atomic E-state index is 13.4. The van der Waals surface area contributed by atoms with E-state index in [0.717, 1.165) is 29.3 Å². The van der Waals surface area contributed by atoms with Crippen molar-refractivity contribution in [1.29, 1.82) is 0 Å². The van der Waals surface area contributed by atoms with Crippen LogP contribution in [-0.4, -0.2) is 12.8 Å². The number of nitrogens with one attached hydrogen (secondary N) is 2. The lowest BCUT2D eigenvalue weighted by atomic mass is 10.1. The summed E-state index contributed by atoms with van der Waals surface area (Å²) in [6, 6.07) is 5.55. The largest absolute Gasteiger partial charge is 0.473 e. The normalized spacial score (nSPS) is 10.3. The minimum Gasteiger partial charge on any atom is -0.473 e. The van der Waals surface area contributed by atoms with Gasteiger partial charge in [-0.1, -0.05) is 11.6 Å². The van der Waals surface area contributed by atoms with Crippen LogP contribution in [0.25, 0.3) is 0 Å². The number of aryl methyl sites for hydroxylation is 2. The Kier molecular flexibility index (Phi) is 5.39. The third kappa shape index (κ3) is 4.56. The van der Waals surface area contributed by atoms with Gasteiger partial charge in [0.2, 0.25) is 0 Å². The Morgan fingerprint density at radius 3 is 2.48 bits per heavy atom. The van der Waals surface area contributed by atoms with Gasteiger partial charge in [0.1, 0.15) is 17.4 Å². The van der Waals surface area contributed by atoms with E-state index in [0.29, 0.717) is 10.8 Å². The van der Waals surface area contributed by atoms with Crippen molar-refractivity contribution in [2.45, 2.75) is 13.8 Å². The summed E-state index contributed by atoms with van der Waals surface area (Å²) in [5, 5.41) is 5.25. The molecule has 0 saturated heterocycles. The van der Waals surface area contributed by atoms with E-state index in [9.17, 15) is 13.6 Å². The number of carbonyl (C=O) groups is 1. The molecule has 0 atom stereocenters. The molecular formula is C16H15ClF2N2O2. The summed E-state index contributed by atoms with van der Waals surface area (Å²) in [5.41, 5.74) is 1.46. The van der Waals surface area contributed by atoms with Crippen LogP contribution < -0.4 is 15.4 Å². The molecule has 2 aromatic carbocycles. The maximum Gasteiger partial charge on any atom is 0.321 e. The molecule has 0 aromatic heterocycles. The molecule has 0 spiro atoms. The molecule has 0 bridgehead atoms. The molecule has 0 fully saturated rings. The molecule has 0 heterocycles. The number of amides is 2. The molecular weight excluding hydrogens is 326 g/mol. The molecule has 2 amide bonds. The monoisotopic (exact) mass is 340 g/mol. The number of rotatable bonds is 4. The average Bonchev–Trinajstić information content (AvgIpc) is 2.48. The maximum atomic E-state index is 13.4. The minimum absolute atomic E-state index is 0.136. The third-order valence-electron chi connectivity index (χ3n) is 3.06. The molecule has 0 saturated carbocycles. The van der Waals surface area contributed by atoms with Gasteiger partial charge in [0, 0.05) is 11.1 Å². The molecule has 0 aliphatic rings. The highest BCUT2D eigenvalue weighted by atomic mass is 35.5. The molecule has 23 heavy (non-hydrogen) atoms. The van der Waals surface area contributed by atoms with E-state index in [1.54, 1.807) is 12.1 Å². The van der Waals surface area contributed by atoms with Gasteiger partial charge in [0.25, 0.3) is 0 Å². The van der Waals surface area contributed by atoms with E-state index in [1.807, 2.05) is 13.8 Å². The number of anilines is 1.